The van der Waals surface area contributed by atoms with E-state index in [1.54, 1.807) is 12.1 Å². The van der Waals surface area contributed by atoms with Gasteiger partial charge in [0.25, 0.3) is 5.91 Å². The molecule has 0 radical (unpaired) electrons. The summed E-state index contributed by atoms with van der Waals surface area (Å²) in [5.41, 5.74) is 2.79. The predicted molar refractivity (Wildman–Crippen MR) is 94.5 cm³/mol. The molecular weight excluding hydrogens is 326 g/mol. The number of rotatable bonds is 6. The number of carbonyl (C=O) groups excluding carboxylic acids is 2. The van der Waals surface area contributed by atoms with E-state index < -0.39 is 5.97 Å². The average Bonchev–Trinajstić information content (AvgIpc) is 2.58. The van der Waals surface area contributed by atoms with Crippen LogP contribution >= 0.6 is 11.6 Å². The van der Waals surface area contributed by atoms with Crippen LogP contribution in [0.2, 0.25) is 5.02 Å². The fraction of sp³-hybridized carbons (Fsp3) is 0.158. The van der Waals surface area contributed by atoms with Gasteiger partial charge in [-0.2, -0.15) is 0 Å². The largest absolute Gasteiger partial charge is 0.452 e. The molecule has 5 heteroatoms. The summed E-state index contributed by atoms with van der Waals surface area (Å²) in [4.78, 5) is 23.4. The van der Waals surface area contributed by atoms with Crippen molar-refractivity contribution in [3.8, 4) is 0 Å². The number of halogens is 1. The summed E-state index contributed by atoms with van der Waals surface area (Å²) in [6.07, 6.45) is 2.98. The molecule has 4 nitrogen and oxygen atoms in total. The molecule has 0 bridgehead atoms. The van der Waals surface area contributed by atoms with Gasteiger partial charge < -0.3 is 10.1 Å². The normalized spacial score (nSPS) is 10.6. The van der Waals surface area contributed by atoms with Crippen molar-refractivity contribution in [3.05, 3.63) is 76.3 Å². The Labute approximate surface area is 146 Å². The maximum atomic E-state index is 11.7. The Bertz CT molecular complexity index is 756. The van der Waals surface area contributed by atoms with Crippen LogP contribution in [0.3, 0.4) is 0 Å². The Balaban J connectivity index is 1.76. The van der Waals surface area contributed by atoms with Crippen molar-refractivity contribution in [1.82, 2.24) is 5.32 Å². The topological polar surface area (TPSA) is 55.4 Å². The summed E-state index contributed by atoms with van der Waals surface area (Å²) in [7, 11) is 0. The van der Waals surface area contributed by atoms with Crippen LogP contribution in [0.1, 0.15) is 16.7 Å². The predicted octanol–water partition coefficient (Wildman–Crippen LogP) is 3.52. The first-order valence-corrected chi connectivity index (χ1v) is 7.84. The molecule has 0 saturated carbocycles. The molecule has 0 aliphatic carbocycles. The maximum Gasteiger partial charge on any atom is 0.331 e. The molecule has 0 heterocycles. The van der Waals surface area contributed by atoms with Gasteiger partial charge in [0.1, 0.15) is 0 Å². The summed E-state index contributed by atoms with van der Waals surface area (Å²) < 4.78 is 4.91. The van der Waals surface area contributed by atoms with Gasteiger partial charge in [0.05, 0.1) is 0 Å². The third-order valence-electron chi connectivity index (χ3n) is 3.37. The SMILES string of the molecule is Cc1ccccc1/C=C/C(=O)OCC(=O)NCc1ccccc1Cl. The zero-order valence-corrected chi connectivity index (χ0v) is 14.0. The lowest BCUT2D eigenvalue weighted by Gasteiger charge is -2.07. The van der Waals surface area contributed by atoms with Crippen LogP contribution in [0.25, 0.3) is 6.08 Å². The molecule has 0 aliphatic rings. The van der Waals surface area contributed by atoms with Gasteiger partial charge in [-0.1, -0.05) is 54.1 Å². The van der Waals surface area contributed by atoms with Crippen LogP contribution in [0.15, 0.2) is 54.6 Å². The number of hydrogen-bond donors (Lipinski definition) is 1. The van der Waals surface area contributed by atoms with Gasteiger partial charge in [0, 0.05) is 17.6 Å². The van der Waals surface area contributed by atoms with E-state index in [9.17, 15) is 9.59 Å². The van der Waals surface area contributed by atoms with E-state index in [0.29, 0.717) is 5.02 Å². The number of ether oxygens (including phenoxy) is 1. The minimum Gasteiger partial charge on any atom is -0.452 e. The molecule has 124 valence electrons. The highest BCUT2D eigenvalue weighted by Gasteiger charge is 2.06. The van der Waals surface area contributed by atoms with E-state index in [4.69, 9.17) is 16.3 Å². The molecule has 0 spiro atoms. The maximum absolute atomic E-state index is 11.7. The molecule has 0 aromatic heterocycles. The molecule has 1 N–H and O–H groups in total. The van der Waals surface area contributed by atoms with Gasteiger partial charge in [-0.15, -0.1) is 0 Å². The minimum atomic E-state index is -0.564. The smallest absolute Gasteiger partial charge is 0.331 e. The molecular formula is C19H18ClNO3. The fourth-order valence-corrected chi connectivity index (χ4v) is 2.21. The molecule has 24 heavy (non-hydrogen) atoms. The van der Waals surface area contributed by atoms with Crippen LogP contribution in [0.5, 0.6) is 0 Å². The first-order valence-electron chi connectivity index (χ1n) is 7.47. The Hall–Kier alpha value is -2.59. The molecule has 0 atom stereocenters. The number of aryl methyl sites for hydroxylation is 1. The second kappa shape index (κ2) is 8.89. The lowest BCUT2D eigenvalue weighted by Crippen LogP contribution is -2.28. The van der Waals surface area contributed by atoms with Gasteiger partial charge in [-0.25, -0.2) is 4.79 Å². The number of benzene rings is 2. The highest BCUT2D eigenvalue weighted by Crippen LogP contribution is 2.14. The molecule has 0 aliphatic heterocycles. The van der Waals surface area contributed by atoms with Gasteiger partial charge in [-0.3, -0.25) is 4.79 Å². The third kappa shape index (κ3) is 5.56. The third-order valence-corrected chi connectivity index (χ3v) is 3.74. The van der Waals surface area contributed by atoms with Crippen LogP contribution in [0, 0.1) is 6.92 Å². The number of nitrogens with one attached hydrogen (secondary N) is 1. The lowest BCUT2D eigenvalue weighted by atomic mass is 10.1. The summed E-state index contributed by atoms with van der Waals surface area (Å²) in [6, 6.07) is 14.9. The fourth-order valence-electron chi connectivity index (χ4n) is 2.00. The zero-order valence-electron chi connectivity index (χ0n) is 13.3. The molecule has 0 saturated heterocycles. The summed E-state index contributed by atoms with van der Waals surface area (Å²) in [5, 5.41) is 3.23. The van der Waals surface area contributed by atoms with E-state index in [1.807, 2.05) is 49.4 Å². The van der Waals surface area contributed by atoms with Crippen LogP contribution in [0.4, 0.5) is 0 Å². The molecule has 0 fully saturated rings. The van der Waals surface area contributed by atoms with E-state index >= 15 is 0 Å². The highest BCUT2D eigenvalue weighted by atomic mass is 35.5. The highest BCUT2D eigenvalue weighted by molar-refractivity contribution is 6.31. The van der Waals surface area contributed by atoms with Crippen LogP contribution < -0.4 is 5.32 Å². The summed E-state index contributed by atoms with van der Waals surface area (Å²) >= 11 is 6.00. The Morgan fingerprint density at radius 1 is 1.12 bits per heavy atom. The van der Waals surface area contributed by atoms with E-state index in [-0.39, 0.29) is 19.1 Å². The van der Waals surface area contributed by atoms with Crippen LogP contribution in [-0.2, 0) is 20.9 Å². The van der Waals surface area contributed by atoms with Crippen molar-refractivity contribution in [2.45, 2.75) is 13.5 Å². The number of amides is 1. The Kier molecular flexibility index (Phi) is 6.58. The average molecular weight is 344 g/mol. The van der Waals surface area contributed by atoms with Crippen molar-refractivity contribution in [3.63, 3.8) is 0 Å². The quantitative estimate of drug-likeness (QED) is 0.645. The van der Waals surface area contributed by atoms with Gasteiger partial charge in [0.15, 0.2) is 6.61 Å². The van der Waals surface area contributed by atoms with Gasteiger partial charge >= 0.3 is 5.97 Å². The molecule has 1 amide bonds. The first-order chi connectivity index (χ1) is 11.6. The van der Waals surface area contributed by atoms with Crippen molar-refractivity contribution in [1.29, 1.82) is 0 Å². The molecule has 2 rings (SSSR count). The second-order valence-electron chi connectivity index (χ2n) is 5.17. The molecule has 2 aromatic carbocycles. The Morgan fingerprint density at radius 3 is 2.58 bits per heavy atom. The van der Waals surface area contributed by atoms with Crippen molar-refractivity contribution in [2.75, 3.05) is 6.61 Å². The van der Waals surface area contributed by atoms with Gasteiger partial charge in [-0.05, 0) is 35.8 Å². The number of esters is 1. The molecule has 2 aromatic rings. The first kappa shape index (κ1) is 17.8. The number of carbonyl (C=O) groups is 2. The lowest BCUT2D eigenvalue weighted by molar-refractivity contribution is -0.143. The van der Waals surface area contributed by atoms with Crippen molar-refractivity contribution < 1.29 is 14.3 Å². The molecule has 0 unspecified atom stereocenters. The monoisotopic (exact) mass is 343 g/mol. The van der Waals surface area contributed by atoms with E-state index in [2.05, 4.69) is 5.32 Å². The minimum absolute atomic E-state index is 0.287. The second-order valence-corrected chi connectivity index (χ2v) is 5.57. The van der Waals surface area contributed by atoms with E-state index in [0.717, 1.165) is 16.7 Å². The zero-order chi connectivity index (χ0) is 17.4. The van der Waals surface area contributed by atoms with Crippen molar-refractivity contribution >= 4 is 29.6 Å². The Morgan fingerprint density at radius 2 is 1.83 bits per heavy atom. The standard InChI is InChI=1S/C19H18ClNO3/c1-14-6-2-3-7-15(14)10-11-19(23)24-13-18(22)21-12-16-8-4-5-9-17(16)20/h2-11H,12-13H2,1H3,(H,21,22)/b11-10+. The summed E-state index contributed by atoms with van der Waals surface area (Å²) in [6.45, 7) is 1.91. The van der Waals surface area contributed by atoms with E-state index in [1.165, 1.54) is 6.08 Å². The summed E-state index contributed by atoms with van der Waals surface area (Å²) in [5.74, 6) is -0.946. The van der Waals surface area contributed by atoms with Crippen LogP contribution in [-0.4, -0.2) is 18.5 Å². The number of hydrogen-bond acceptors (Lipinski definition) is 3. The van der Waals surface area contributed by atoms with Gasteiger partial charge in [0.2, 0.25) is 0 Å². The van der Waals surface area contributed by atoms with Crippen molar-refractivity contribution in [2.24, 2.45) is 0 Å².